The van der Waals surface area contributed by atoms with Crippen LogP contribution in [0.15, 0.2) is 84.9 Å². The Kier molecular flexibility index (Phi) is 4.52. The molecule has 3 heteroatoms. The van der Waals surface area contributed by atoms with Gasteiger partial charge in [-0.05, 0) is 42.3 Å². The van der Waals surface area contributed by atoms with E-state index in [0.29, 0.717) is 0 Å². The van der Waals surface area contributed by atoms with E-state index in [1.54, 1.807) is 0 Å². The van der Waals surface area contributed by atoms with Crippen molar-refractivity contribution in [1.29, 1.82) is 0 Å². The fourth-order valence-electron chi connectivity index (χ4n) is 2.87. The first-order valence-corrected chi connectivity index (χ1v) is 8.57. The van der Waals surface area contributed by atoms with Crippen molar-refractivity contribution >= 4 is 10.9 Å². The molecule has 1 aromatic heterocycles. The van der Waals surface area contributed by atoms with E-state index in [1.165, 1.54) is 5.56 Å². The molecule has 0 atom stereocenters. The van der Waals surface area contributed by atoms with Crippen molar-refractivity contribution in [2.45, 2.75) is 6.92 Å². The summed E-state index contributed by atoms with van der Waals surface area (Å²) in [6, 6.07) is 28.2. The third-order valence-corrected chi connectivity index (χ3v) is 4.22. The second-order valence-corrected chi connectivity index (χ2v) is 6.08. The summed E-state index contributed by atoms with van der Waals surface area (Å²) >= 11 is 0. The number of ether oxygens (including phenoxy) is 2. The molecule has 3 aromatic carbocycles. The fraction of sp³-hybridized carbons (Fsp3) is 0.0870. The van der Waals surface area contributed by atoms with E-state index in [0.717, 1.165) is 33.7 Å². The number of benzene rings is 3. The summed E-state index contributed by atoms with van der Waals surface area (Å²) in [7, 11) is 0. The molecular weight excluding hydrogens is 322 g/mol. The number of nitrogens with zero attached hydrogens (tertiary/aromatic N) is 1. The van der Waals surface area contributed by atoms with Crippen LogP contribution in [0.2, 0.25) is 0 Å². The standard InChI is InChI=1S/C23H19NO2/c1-17-10-11-20-8-5-9-22(23(20)24-17)26-16-25-21-14-12-19(13-15-21)18-6-3-2-4-7-18/h2-15H,16H2,1H3. The molecule has 0 amide bonds. The number of aromatic nitrogens is 1. The summed E-state index contributed by atoms with van der Waals surface area (Å²) in [6.07, 6.45) is 0. The average Bonchev–Trinajstić information content (AvgIpc) is 2.69. The molecule has 0 bridgehead atoms. The van der Waals surface area contributed by atoms with Crippen LogP contribution in [0.4, 0.5) is 0 Å². The van der Waals surface area contributed by atoms with Crippen LogP contribution in [0, 0.1) is 6.92 Å². The van der Waals surface area contributed by atoms with Gasteiger partial charge in [-0.25, -0.2) is 4.98 Å². The highest BCUT2D eigenvalue weighted by atomic mass is 16.7. The summed E-state index contributed by atoms with van der Waals surface area (Å²) in [6.45, 7) is 2.11. The van der Waals surface area contributed by atoms with Gasteiger partial charge in [0.05, 0.1) is 0 Å². The highest BCUT2D eigenvalue weighted by molar-refractivity contribution is 5.84. The number of pyridine rings is 1. The van der Waals surface area contributed by atoms with Gasteiger partial charge in [-0.3, -0.25) is 0 Å². The van der Waals surface area contributed by atoms with E-state index in [-0.39, 0.29) is 6.79 Å². The highest BCUT2D eigenvalue weighted by Gasteiger charge is 2.04. The van der Waals surface area contributed by atoms with Crippen molar-refractivity contribution in [3.05, 3.63) is 90.6 Å². The first kappa shape index (κ1) is 16.2. The third kappa shape index (κ3) is 3.52. The smallest absolute Gasteiger partial charge is 0.231 e. The molecular formula is C23H19NO2. The zero-order valence-corrected chi connectivity index (χ0v) is 14.6. The Bertz CT molecular complexity index is 1010. The molecule has 4 aromatic rings. The summed E-state index contributed by atoms with van der Waals surface area (Å²) in [5.41, 5.74) is 4.17. The lowest BCUT2D eigenvalue weighted by Crippen LogP contribution is -2.06. The molecule has 26 heavy (non-hydrogen) atoms. The van der Waals surface area contributed by atoms with Crippen LogP contribution >= 0.6 is 0 Å². The van der Waals surface area contributed by atoms with Crippen molar-refractivity contribution in [2.75, 3.05) is 6.79 Å². The minimum Gasteiger partial charge on any atom is -0.457 e. The quantitative estimate of drug-likeness (QED) is 0.441. The Hall–Kier alpha value is -3.33. The van der Waals surface area contributed by atoms with Gasteiger partial charge in [0.2, 0.25) is 6.79 Å². The van der Waals surface area contributed by atoms with E-state index in [4.69, 9.17) is 9.47 Å². The van der Waals surface area contributed by atoms with Gasteiger partial charge in [0.1, 0.15) is 17.0 Å². The van der Waals surface area contributed by atoms with Gasteiger partial charge in [-0.15, -0.1) is 0 Å². The molecule has 0 aliphatic heterocycles. The molecule has 0 saturated heterocycles. The van der Waals surface area contributed by atoms with Gasteiger partial charge >= 0.3 is 0 Å². The Morgan fingerprint density at radius 3 is 2.27 bits per heavy atom. The molecule has 4 rings (SSSR count). The van der Waals surface area contributed by atoms with Crippen molar-refractivity contribution in [2.24, 2.45) is 0 Å². The molecule has 0 unspecified atom stereocenters. The van der Waals surface area contributed by atoms with Crippen molar-refractivity contribution < 1.29 is 9.47 Å². The number of aryl methyl sites for hydroxylation is 1. The van der Waals surface area contributed by atoms with Gasteiger partial charge < -0.3 is 9.47 Å². The SMILES string of the molecule is Cc1ccc2cccc(OCOc3ccc(-c4ccccc4)cc3)c2n1. The zero-order valence-electron chi connectivity index (χ0n) is 14.6. The maximum absolute atomic E-state index is 5.81. The van der Waals surface area contributed by atoms with Crippen LogP contribution in [0.5, 0.6) is 11.5 Å². The number of hydrogen-bond acceptors (Lipinski definition) is 3. The Balaban J connectivity index is 1.43. The lowest BCUT2D eigenvalue weighted by molar-refractivity contribution is 0.121. The van der Waals surface area contributed by atoms with Crippen molar-refractivity contribution in [3.8, 4) is 22.6 Å². The zero-order chi connectivity index (χ0) is 17.8. The summed E-state index contributed by atoms with van der Waals surface area (Å²) in [5, 5.41) is 1.06. The van der Waals surface area contributed by atoms with E-state index in [2.05, 4.69) is 17.1 Å². The van der Waals surface area contributed by atoms with E-state index in [9.17, 15) is 0 Å². The normalized spacial score (nSPS) is 10.7. The topological polar surface area (TPSA) is 31.4 Å². The van der Waals surface area contributed by atoms with Crippen molar-refractivity contribution in [3.63, 3.8) is 0 Å². The van der Waals surface area contributed by atoms with Crippen LogP contribution in [-0.2, 0) is 0 Å². The Morgan fingerprint density at radius 2 is 1.46 bits per heavy atom. The van der Waals surface area contributed by atoms with Crippen LogP contribution in [0.1, 0.15) is 5.69 Å². The van der Waals surface area contributed by atoms with Crippen LogP contribution < -0.4 is 9.47 Å². The first-order valence-electron chi connectivity index (χ1n) is 8.57. The second kappa shape index (κ2) is 7.28. The molecule has 0 spiro atoms. The Labute approximate surface area is 152 Å². The largest absolute Gasteiger partial charge is 0.457 e. The number of fused-ring (bicyclic) bond motifs is 1. The van der Waals surface area contributed by atoms with E-state index in [1.807, 2.05) is 79.7 Å². The van der Waals surface area contributed by atoms with Gasteiger partial charge in [-0.2, -0.15) is 0 Å². The molecule has 1 heterocycles. The van der Waals surface area contributed by atoms with Gasteiger partial charge in [-0.1, -0.05) is 60.7 Å². The molecule has 0 fully saturated rings. The highest BCUT2D eigenvalue weighted by Crippen LogP contribution is 2.25. The third-order valence-electron chi connectivity index (χ3n) is 4.22. The molecule has 0 radical (unpaired) electrons. The van der Waals surface area contributed by atoms with Gasteiger partial charge in [0.15, 0.2) is 0 Å². The molecule has 0 aliphatic rings. The predicted molar refractivity (Wildman–Crippen MR) is 104 cm³/mol. The van der Waals surface area contributed by atoms with Crippen molar-refractivity contribution in [1.82, 2.24) is 4.98 Å². The molecule has 0 saturated carbocycles. The van der Waals surface area contributed by atoms with E-state index >= 15 is 0 Å². The minimum atomic E-state index is 0.138. The number of para-hydroxylation sites is 1. The monoisotopic (exact) mass is 341 g/mol. The average molecular weight is 341 g/mol. The lowest BCUT2D eigenvalue weighted by atomic mass is 10.1. The summed E-state index contributed by atoms with van der Waals surface area (Å²) in [4.78, 5) is 4.57. The maximum atomic E-state index is 5.81. The number of hydrogen-bond donors (Lipinski definition) is 0. The minimum absolute atomic E-state index is 0.138. The first-order chi connectivity index (χ1) is 12.8. The second-order valence-electron chi connectivity index (χ2n) is 6.08. The van der Waals surface area contributed by atoms with Crippen LogP contribution in [0.25, 0.3) is 22.0 Å². The van der Waals surface area contributed by atoms with E-state index < -0.39 is 0 Å². The summed E-state index contributed by atoms with van der Waals surface area (Å²) in [5.74, 6) is 1.50. The lowest BCUT2D eigenvalue weighted by Gasteiger charge is -2.11. The van der Waals surface area contributed by atoms with Gasteiger partial charge in [0, 0.05) is 11.1 Å². The molecule has 0 N–H and O–H groups in total. The fourth-order valence-corrected chi connectivity index (χ4v) is 2.87. The van der Waals surface area contributed by atoms with Gasteiger partial charge in [0.25, 0.3) is 0 Å². The Morgan fingerprint density at radius 1 is 0.692 bits per heavy atom. The number of rotatable bonds is 5. The maximum Gasteiger partial charge on any atom is 0.231 e. The molecule has 0 aliphatic carbocycles. The van der Waals surface area contributed by atoms with Crippen LogP contribution in [-0.4, -0.2) is 11.8 Å². The molecule has 128 valence electrons. The van der Waals surface area contributed by atoms with Crippen LogP contribution in [0.3, 0.4) is 0 Å². The summed E-state index contributed by atoms with van der Waals surface area (Å²) < 4.78 is 11.5. The molecule has 3 nitrogen and oxygen atoms in total. The predicted octanol–water partition coefficient (Wildman–Crippen LogP) is 5.63.